The van der Waals surface area contributed by atoms with Crippen LogP contribution in [0.1, 0.15) is 18.5 Å². The van der Waals surface area contributed by atoms with Crippen LogP contribution >= 0.6 is 0 Å². The summed E-state index contributed by atoms with van der Waals surface area (Å²) in [7, 11) is 1.68. The topological polar surface area (TPSA) is 44.8 Å². The molecule has 1 aromatic carbocycles. The molecule has 1 fully saturated rings. The summed E-state index contributed by atoms with van der Waals surface area (Å²) in [6.45, 7) is 9.56. The van der Waals surface area contributed by atoms with Crippen molar-refractivity contribution in [2.24, 2.45) is 0 Å². The molecule has 0 aromatic heterocycles. The third-order valence-electron chi connectivity index (χ3n) is 4.12. The summed E-state index contributed by atoms with van der Waals surface area (Å²) in [6.07, 6.45) is 1.69. The maximum absolute atomic E-state index is 11.9. The molecular weight excluding hydrogens is 278 g/mol. The average molecular weight is 303 g/mol. The molecule has 22 heavy (non-hydrogen) atoms. The maximum atomic E-state index is 11.9. The Kier molecular flexibility index (Phi) is 5.83. The van der Waals surface area contributed by atoms with Crippen LogP contribution in [0.25, 0.3) is 0 Å². The number of piperazine rings is 1. The Balaban J connectivity index is 1.90. The van der Waals surface area contributed by atoms with E-state index in [1.54, 1.807) is 13.2 Å². The van der Waals surface area contributed by atoms with E-state index in [0.717, 1.165) is 31.9 Å². The van der Waals surface area contributed by atoms with Crippen molar-refractivity contribution in [3.63, 3.8) is 0 Å². The molecule has 2 amide bonds. The molecule has 120 valence electrons. The van der Waals surface area contributed by atoms with Crippen molar-refractivity contribution in [1.82, 2.24) is 15.1 Å². The first-order valence-corrected chi connectivity index (χ1v) is 7.67. The van der Waals surface area contributed by atoms with E-state index in [4.69, 9.17) is 4.74 Å². The standard InChI is InChI=1S/C17H25N3O2/c1-4-8-18-17(21)20-11-9-19(10-12-20)14(2)15-6-5-7-16(13-15)22-3/h4-7,13-14H,1,8-12H2,2-3H3,(H,18,21)/t14-/m1/s1. The minimum atomic E-state index is -0.00594. The van der Waals surface area contributed by atoms with Crippen LogP contribution in [0.5, 0.6) is 5.75 Å². The molecule has 0 radical (unpaired) electrons. The van der Waals surface area contributed by atoms with Crippen LogP contribution < -0.4 is 10.1 Å². The summed E-state index contributed by atoms with van der Waals surface area (Å²) >= 11 is 0. The molecule has 1 aliphatic rings. The van der Waals surface area contributed by atoms with Gasteiger partial charge in [0.05, 0.1) is 7.11 Å². The van der Waals surface area contributed by atoms with Gasteiger partial charge in [0, 0.05) is 38.8 Å². The van der Waals surface area contributed by atoms with Gasteiger partial charge in [-0.05, 0) is 24.6 Å². The molecule has 1 saturated heterocycles. The molecule has 1 N–H and O–H groups in total. The highest BCUT2D eigenvalue weighted by atomic mass is 16.5. The number of carbonyl (C=O) groups excluding carboxylic acids is 1. The quantitative estimate of drug-likeness (QED) is 0.849. The van der Waals surface area contributed by atoms with Gasteiger partial charge in [0.25, 0.3) is 0 Å². The van der Waals surface area contributed by atoms with Gasteiger partial charge in [-0.15, -0.1) is 6.58 Å². The minimum absolute atomic E-state index is 0.00594. The Bertz CT molecular complexity index is 510. The lowest BCUT2D eigenvalue weighted by Crippen LogP contribution is -2.52. The Morgan fingerprint density at radius 1 is 1.41 bits per heavy atom. The fourth-order valence-corrected chi connectivity index (χ4v) is 2.70. The first kappa shape index (κ1) is 16.4. The van der Waals surface area contributed by atoms with Gasteiger partial charge in [-0.3, -0.25) is 4.90 Å². The van der Waals surface area contributed by atoms with E-state index < -0.39 is 0 Å². The summed E-state index contributed by atoms with van der Waals surface area (Å²) in [5.74, 6) is 0.881. The highest BCUT2D eigenvalue weighted by Crippen LogP contribution is 2.24. The second kappa shape index (κ2) is 7.84. The lowest BCUT2D eigenvalue weighted by molar-refractivity contribution is 0.114. The van der Waals surface area contributed by atoms with Gasteiger partial charge < -0.3 is 15.0 Å². The summed E-state index contributed by atoms with van der Waals surface area (Å²) in [6, 6.07) is 8.48. The number of amides is 2. The van der Waals surface area contributed by atoms with Crippen LogP contribution in [0.2, 0.25) is 0 Å². The number of ether oxygens (including phenoxy) is 1. The molecule has 2 rings (SSSR count). The van der Waals surface area contributed by atoms with Gasteiger partial charge in [0.15, 0.2) is 0 Å². The molecule has 5 heteroatoms. The minimum Gasteiger partial charge on any atom is -0.497 e. The SMILES string of the molecule is C=CCNC(=O)N1CCN([C@H](C)c2cccc(OC)c2)CC1. The number of rotatable bonds is 5. The molecule has 0 bridgehead atoms. The van der Waals surface area contributed by atoms with E-state index in [-0.39, 0.29) is 6.03 Å². The van der Waals surface area contributed by atoms with Crippen molar-refractivity contribution in [3.05, 3.63) is 42.5 Å². The first-order chi connectivity index (χ1) is 10.7. The van der Waals surface area contributed by atoms with Gasteiger partial charge >= 0.3 is 6.03 Å². The van der Waals surface area contributed by atoms with Crippen LogP contribution in [-0.4, -0.2) is 55.7 Å². The van der Waals surface area contributed by atoms with E-state index in [1.807, 2.05) is 17.0 Å². The lowest BCUT2D eigenvalue weighted by Gasteiger charge is -2.38. The van der Waals surface area contributed by atoms with Gasteiger partial charge in [0.2, 0.25) is 0 Å². The molecule has 1 heterocycles. The molecule has 1 atom stereocenters. The van der Waals surface area contributed by atoms with Crippen molar-refractivity contribution in [2.45, 2.75) is 13.0 Å². The van der Waals surface area contributed by atoms with Gasteiger partial charge in [-0.2, -0.15) is 0 Å². The predicted octanol–water partition coefficient (Wildman–Crippen LogP) is 2.27. The number of nitrogens with one attached hydrogen (secondary N) is 1. The Morgan fingerprint density at radius 2 is 2.14 bits per heavy atom. The number of benzene rings is 1. The number of methoxy groups -OCH3 is 1. The molecule has 5 nitrogen and oxygen atoms in total. The van der Waals surface area contributed by atoms with E-state index in [2.05, 4.69) is 35.9 Å². The van der Waals surface area contributed by atoms with Crippen LogP contribution in [0.4, 0.5) is 4.79 Å². The number of nitrogens with zero attached hydrogens (tertiary/aromatic N) is 2. The fourth-order valence-electron chi connectivity index (χ4n) is 2.70. The molecule has 0 saturated carbocycles. The van der Waals surface area contributed by atoms with E-state index in [1.165, 1.54) is 5.56 Å². The Morgan fingerprint density at radius 3 is 2.77 bits per heavy atom. The fraction of sp³-hybridized carbons (Fsp3) is 0.471. The van der Waals surface area contributed by atoms with Crippen molar-refractivity contribution >= 4 is 6.03 Å². The summed E-state index contributed by atoms with van der Waals surface area (Å²) < 4.78 is 5.29. The molecule has 0 spiro atoms. The van der Waals surface area contributed by atoms with Crippen molar-refractivity contribution in [2.75, 3.05) is 39.8 Å². The average Bonchev–Trinajstić information content (AvgIpc) is 2.59. The lowest BCUT2D eigenvalue weighted by atomic mass is 10.1. The molecule has 1 aliphatic heterocycles. The van der Waals surface area contributed by atoms with Crippen molar-refractivity contribution in [3.8, 4) is 5.75 Å². The van der Waals surface area contributed by atoms with Gasteiger partial charge in [-0.25, -0.2) is 4.79 Å². The number of carbonyl (C=O) groups is 1. The van der Waals surface area contributed by atoms with Gasteiger partial charge in [-0.1, -0.05) is 18.2 Å². The third kappa shape index (κ3) is 4.01. The largest absolute Gasteiger partial charge is 0.497 e. The van der Waals surface area contributed by atoms with Crippen molar-refractivity contribution in [1.29, 1.82) is 0 Å². The number of hydrogen-bond acceptors (Lipinski definition) is 3. The zero-order valence-corrected chi connectivity index (χ0v) is 13.4. The van der Waals surface area contributed by atoms with Crippen LogP contribution in [0.3, 0.4) is 0 Å². The molecule has 0 aliphatic carbocycles. The summed E-state index contributed by atoms with van der Waals surface area (Å²) in [5, 5.41) is 2.83. The zero-order valence-electron chi connectivity index (χ0n) is 13.4. The molecular formula is C17H25N3O2. The second-order valence-electron chi connectivity index (χ2n) is 5.45. The Labute approximate surface area is 132 Å². The van der Waals surface area contributed by atoms with Gasteiger partial charge in [0.1, 0.15) is 5.75 Å². The van der Waals surface area contributed by atoms with Crippen LogP contribution in [-0.2, 0) is 0 Å². The Hall–Kier alpha value is -2.01. The highest BCUT2D eigenvalue weighted by molar-refractivity contribution is 5.74. The first-order valence-electron chi connectivity index (χ1n) is 7.67. The second-order valence-corrected chi connectivity index (χ2v) is 5.45. The van der Waals surface area contributed by atoms with Crippen LogP contribution in [0.15, 0.2) is 36.9 Å². The number of urea groups is 1. The number of hydrogen-bond donors (Lipinski definition) is 1. The predicted molar refractivity (Wildman–Crippen MR) is 88.2 cm³/mol. The van der Waals surface area contributed by atoms with E-state index in [0.29, 0.717) is 12.6 Å². The molecule has 0 unspecified atom stereocenters. The molecule has 1 aromatic rings. The van der Waals surface area contributed by atoms with Crippen LogP contribution in [0, 0.1) is 0 Å². The summed E-state index contributed by atoms with van der Waals surface area (Å²) in [5.41, 5.74) is 1.24. The normalized spacial score (nSPS) is 16.9. The van der Waals surface area contributed by atoms with E-state index >= 15 is 0 Å². The maximum Gasteiger partial charge on any atom is 0.317 e. The highest BCUT2D eigenvalue weighted by Gasteiger charge is 2.24. The monoisotopic (exact) mass is 303 g/mol. The summed E-state index contributed by atoms with van der Waals surface area (Å²) in [4.78, 5) is 16.2. The van der Waals surface area contributed by atoms with E-state index in [9.17, 15) is 4.79 Å². The zero-order chi connectivity index (χ0) is 15.9. The van der Waals surface area contributed by atoms with Crippen molar-refractivity contribution < 1.29 is 9.53 Å². The smallest absolute Gasteiger partial charge is 0.317 e. The third-order valence-corrected chi connectivity index (χ3v) is 4.12.